The molecule has 3 N–H and O–H groups in total. The van der Waals surface area contributed by atoms with E-state index in [-0.39, 0.29) is 35.8 Å². The third-order valence-electron chi connectivity index (χ3n) is 6.58. The maximum Gasteiger partial charge on any atom is 0.321 e. The number of aliphatic hydroxyl groups is 1. The molecular weight excluding hydrogens is 480 g/mol. The van der Waals surface area contributed by atoms with Crippen LogP contribution in [-0.4, -0.2) is 52.5 Å². The zero-order chi connectivity index (χ0) is 24.1. The molecule has 6 rings (SSSR count). The highest BCUT2D eigenvalue weighted by Gasteiger charge is 2.43. The van der Waals surface area contributed by atoms with Crippen LogP contribution < -0.4 is 15.5 Å². The number of aliphatic hydroxyl groups excluding tert-OH is 1. The molecule has 2 atom stereocenters. The van der Waals surface area contributed by atoms with E-state index in [1.54, 1.807) is 18.3 Å². The maximum absolute atomic E-state index is 13.1. The number of carbonyl (C=O) groups is 1. The van der Waals surface area contributed by atoms with E-state index in [0.717, 1.165) is 10.6 Å². The fourth-order valence-corrected chi connectivity index (χ4v) is 5.87. The number of carbonyl (C=O) groups excluding carboxylic acids is 1. The SMILES string of the molecule is O=C(Nc1nc2c(s1)[C@@H]1COC[C@H](C2)N1c1ncc(-c2cccc(C(F)F)c2)o1)NC1CC(O)C1. The Labute approximate surface area is 203 Å². The van der Waals surface area contributed by atoms with Crippen molar-refractivity contribution in [3.8, 4) is 11.3 Å². The second-order valence-electron chi connectivity index (χ2n) is 9.00. The van der Waals surface area contributed by atoms with E-state index < -0.39 is 6.43 Å². The molecule has 1 saturated heterocycles. The molecule has 0 spiro atoms. The number of halogens is 2. The van der Waals surface area contributed by atoms with E-state index in [0.29, 0.717) is 54.9 Å². The number of aromatic nitrogens is 2. The Morgan fingerprint density at radius 3 is 2.94 bits per heavy atom. The molecule has 1 aromatic carbocycles. The summed E-state index contributed by atoms with van der Waals surface area (Å²) < 4.78 is 38.1. The summed E-state index contributed by atoms with van der Waals surface area (Å²) >= 11 is 1.39. The third-order valence-corrected chi connectivity index (χ3v) is 7.69. The van der Waals surface area contributed by atoms with Crippen LogP contribution in [0.5, 0.6) is 0 Å². The number of thiazole rings is 1. The molecule has 2 aromatic heterocycles. The van der Waals surface area contributed by atoms with Crippen molar-refractivity contribution in [3.63, 3.8) is 0 Å². The minimum absolute atomic E-state index is 0.0247. The number of morpholine rings is 1. The number of hydrogen-bond donors (Lipinski definition) is 3. The summed E-state index contributed by atoms with van der Waals surface area (Å²) in [5.41, 5.74) is 1.38. The van der Waals surface area contributed by atoms with E-state index in [4.69, 9.17) is 9.15 Å². The van der Waals surface area contributed by atoms with Crippen LogP contribution in [-0.2, 0) is 11.2 Å². The van der Waals surface area contributed by atoms with Crippen LogP contribution in [0.4, 0.5) is 24.7 Å². The van der Waals surface area contributed by atoms with Gasteiger partial charge in [0.05, 0.1) is 48.2 Å². The standard InChI is InChI=1S/C23H23F2N5O4S/c24-20(25)12-3-1-2-11(4-12)18-8-26-23(34-18)30-14-7-16-19(17(30)10-33-9-14)35-22(28-16)29-21(32)27-13-5-15(31)6-13/h1-4,8,13-15,17,20,31H,5-7,9-10H2,(H2,27,28,29,32)/t13?,14-,15?,17-/m0/s1. The van der Waals surface area contributed by atoms with Crippen molar-refractivity contribution in [3.05, 3.63) is 46.6 Å². The van der Waals surface area contributed by atoms with Crippen LogP contribution >= 0.6 is 11.3 Å². The third kappa shape index (κ3) is 4.26. The molecule has 35 heavy (non-hydrogen) atoms. The maximum atomic E-state index is 13.1. The van der Waals surface area contributed by atoms with Crippen molar-refractivity contribution in [2.45, 2.75) is 49.9 Å². The lowest BCUT2D eigenvalue weighted by molar-refractivity contribution is 0.0578. The summed E-state index contributed by atoms with van der Waals surface area (Å²) in [7, 11) is 0. The molecular formula is C23H23F2N5O4S. The minimum Gasteiger partial charge on any atom is -0.423 e. The molecule has 1 saturated carbocycles. The average molecular weight is 504 g/mol. The fourth-order valence-electron chi connectivity index (χ4n) is 4.80. The van der Waals surface area contributed by atoms with Gasteiger partial charge in [-0.3, -0.25) is 5.32 Å². The van der Waals surface area contributed by atoms with Crippen molar-refractivity contribution >= 4 is 28.5 Å². The first-order valence-electron chi connectivity index (χ1n) is 11.4. The Morgan fingerprint density at radius 1 is 1.29 bits per heavy atom. The van der Waals surface area contributed by atoms with Gasteiger partial charge in [-0.2, -0.15) is 0 Å². The number of urea groups is 1. The second-order valence-corrected chi connectivity index (χ2v) is 10.0. The lowest BCUT2D eigenvalue weighted by Gasteiger charge is -2.43. The van der Waals surface area contributed by atoms with Gasteiger partial charge in [-0.1, -0.05) is 29.5 Å². The van der Waals surface area contributed by atoms with Gasteiger partial charge in [-0.25, -0.2) is 23.5 Å². The van der Waals surface area contributed by atoms with Crippen molar-refractivity contribution in [1.29, 1.82) is 0 Å². The van der Waals surface area contributed by atoms with E-state index in [1.807, 2.05) is 0 Å². The number of amides is 2. The molecule has 2 bridgehead atoms. The van der Waals surface area contributed by atoms with Gasteiger partial charge in [0.2, 0.25) is 0 Å². The van der Waals surface area contributed by atoms with Crippen molar-refractivity contribution < 1.29 is 27.8 Å². The summed E-state index contributed by atoms with van der Waals surface area (Å²) in [6, 6.07) is 5.87. The predicted octanol–water partition coefficient (Wildman–Crippen LogP) is 3.88. The van der Waals surface area contributed by atoms with Gasteiger partial charge in [0.15, 0.2) is 10.9 Å². The van der Waals surface area contributed by atoms with Crippen molar-refractivity contribution in [2.75, 3.05) is 23.4 Å². The molecule has 3 aromatic rings. The zero-order valence-corrected chi connectivity index (χ0v) is 19.3. The molecule has 4 heterocycles. The normalized spacial score (nSPS) is 25.2. The number of nitrogens with zero attached hydrogens (tertiary/aromatic N) is 3. The van der Waals surface area contributed by atoms with Crippen LogP contribution in [0.2, 0.25) is 0 Å². The topological polar surface area (TPSA) is 113 Å². The molecule has 12 heteroatoms. The zero-order valence-electron chi connectivity index (χ0n) is 18.5. The highest BCUT2D eigenvalue weighted by atomic mass is 32.1. The first-order chi connectivity index (χ1) is 16.9. The average Bonchev–Trinajstić information content (AvgIpc) is 3.45. The summed E-state index contributed by atoms with van der Waals surface area (Å²) in [4.78, 5) is 24.4. The Balaban J connectivity index is 1.22. The van der Waals surface area contributed by atoms with Gasteiger partial charge in [-0.15, -0.1) is 0 Å². The molecule has 3 aliphatic rings. The number of hydrogen-bond acceptors (Lipinski definition) is 8. The lowest BCUT2D eigenvalue weighted by Crippen LogP contribution is -2.51. The number of oxazole rings is 1. The Bertz CT molecular complexity index is 1240. The summed E-state index contributed by atoms with van der Waals surface area (Å²) in [5.74, 6) is 0.414. The summed E-state index contributed by atoms with van der Waals surface area (Å²) in [5, 5.41) is 15.5. The van der Waals surface area contributed by atoms with Crippen LogP contribution in [0.15, 0.2) is 34.9 Å². The minimum atomic E-state index is -2.56. The van der Waals surface area contributed by atoms with Crippen LogP contribution in [0.25, 0.3) is 11.3 Å². The van der Waals surface area contributed by atoms with Crippen LogP contribution in [0.1, 0.15) is 41.4 Å². The molecule has 2 fully saturated rings. The van der Waals surface area contributed by atoms with Gasteiger partial charge in [-0.05, 0) is 18.9 Å². The first-order valence-corrected chi connectivity index (χ1v) is 12.2. The quantitative estimate of drug-likeness (QED) is 0.484. The molecule has 184 valence electrons. The van der Waals surface area contributed by atoms with Crippen LogP contribution in [0, 0.1) is 0 Å². The second kappa shape index (κ2) is 8.85. The molecule has 1 aliphatic carbocycles. The fraction of sp³-hybridized carbons (Fsp3) is 0.435. The predicted molar refractivity (Wildman–Crippen MR) is 124 cm³/mol. The molecule has 2 amide bonds. The summed E-state index contributed by atoms with van der Waals surface area (Å²) in [6.45, 7) is 0.884. The van der Waals surface area contributed by atoms with E-state index in [9.17, 15) is 18.7 Å². The molecule has 0 radical (unpaired) electrons. The van der Waals surface area contributed by atoms with E-state index in [2.05, 4.69) is 25.5 Å². The largest absolute Gasteiger partial charge is 0.423 e. The molecule has 0 unspecified atom stereocenters. The lowest BCUT2D eigenvalue weighted by atomic mass is 9.90. The highest BCUT2D eigenvalue weighted by molar-refractivity contribution is 7.16. The smallest absolute Gasteiger partial charge is 0.321 e. The summed E-state index contributed by atoms with van der Waals surface area (Å²) in [6.07, 6.45) is 0.352. The highest BCUT2D eigenvalue weighted by Crippen LogP contribution is 2.44. The monoisotopic (exact) mass is 503 g/mol. The van der Waals surface area contributed by atoms with Gasteiger partial charge >= 0.3 is 6.03 Å². The number of rotatable bonds is 5. The van der Waals surface area contributed by atoms with Crippen LogP contribution in [0.3, 0.4) is 0 Å². The number of anilines is 2. The van der Waals surface area contributed by atoms with Gasteiger partial charge < -0.3 is 24.5 Å². The first kappa shape index (κ1) is 22.4. The number of nitrogens with one attached hydrogen (secondary N) is 2. The Hall–Kier alpha value is -3.09. The van der Waals surface area contributed by atoms with Crippen molar-refractivity contribution in [1.82, 2.24) is 15.3 Å². The Kier molecular flexibility index (Phi) is 5.66. The number of alkyl halides is 2. The molecule has 9 nitrogen and oxygen atoms in total. The van der Waals surface area contributed by atoms with Gasteiger partial charge in [0.25, 0.3) is 12.4 Å². The van der Waals surface area contributed by atoms with E-state index in [1.165, 1.54) is 23.5 Å². The van der Waals surface area contributed by atoms with Gasteiger partial charge in [0, 0.05) is 23.6 Å². The van der Waals surface area contributed by atoms with Crippen molar-refractivity contribution in [2.24, 2.45) is 0 Å². The number of ether oxygens (including phenoxy) is 1. The number of benzene rings is 1. The Morgan fingerprint density at radius 2 is 2.14 bits per heavy atom. The number of fused-ring (bicyclic) bond motifs is 4. The van der Waals surface area contributed by atoms with Gasteiger partial charge in [0.1, 0.15) is 0 Å². The van der Waals surface area contributed by atoms with E-state index >= 15 is 0 Å². The molecule has 2 aliphatic heterocycles.